The van der Waals surface area contributed by atoms with Gasteiger partial charge < -0.3 is 9.47 Å². The highest BCUT2D eigenvalue weighted by molar-refractivity contribution is 6.36. The summed E-state index contributed by atoms with van der Waals surface area (Å²) in [5.74, 6) is -0.366. The van der Waals surface area contributed by atoms with Gasteiger partial charge in [-0.2, -0.15) is 0 Å². The van der Waals surface area contributed by atoms with Gasteiger partial charge in [0.15, 0.2) is 11.5 Å². The van der Waals surface area contributed by atoms with Crippen molar-refractivity contribution in [1.82, 2.24) is 0 Å². The summed E-state index contributed by atoms with van der Waals surface area (Å²) >= 11 is 12.0. The van der Waals surface area contributed by atoms with E-state index in [0.717, 1.165) is 12.1 Å². The van der Waals surface area contributed by atoms with Crippen LogP contribution in [0.1, 0.15) is 15.9 Å². The molecular formula is C15H11Cl2FO3. The minimum absolute atomic E-state index is 0.0222. The van der Waals surface area contributed by atoms with Gasteiger partial charge >= 0.3 is 0 Å². The topological polar surface area (TPSA) is 35.5 Å². The average molecular weight is 329 g/mol. The number of hydrogen-bond acceptors (Lipinski definition) is 3. The van der Waals surface area contributed by atoms with Crippen LogP contribution in [0.5, 0.6) is 11.5 Å². The van der Waals surface area contributed by atoms with Gasteiger partial charge in [0.05, 0.1) is 24.8 Å². The van der Waals surface area contributed by atoms with Crippen LogP contribution < -0.4 is 9.47 Å². The Labute approximate surface area is 131 Å². The maximum absolute atomic E-state index is 13.1. The molecule has 2 rings (SSSR count). The van der Waals surface area contributed by atoms with Crippen molar-refractivity contribution in [2.45, 2.75) is 0 Å². The van der Waals surface area contributed by atoms with E-state index < -0.39 is 11.6 Å². The Hall–Kier alpha value is -1.78. The molecule has 0 unspecified atom stereocenters. The van der Waals surface area contributed by atoms with E-state index in [1.165, 1.54) is 26.4 Å². The summed E-state index contributed by atoms with van der Waals surface area (Å²) in [4.78, 5) is 12.5. The zero-order chi connectivity index (χ0) is 15.6. The molecule has 110 valence electrons. The van der Waals surface area contributed by atoms with Crippen LogP contribution in [-0.2, 0) is 0 Å². The van der Waals surface area contributed by atoms with E-state index in [1.54, 1.807) is 6.07 Å². The summed E-state index contributed by atoms with van der Waals surface area (Å²) in [6.07, 6.45) is 0. The highest BCUT2D eigenvalue weighted by Crippen LogP contribution is 2.38. The van der Waals surface area contributed by atoms with Crippen LogP contribution in [0.3, 0.4) is 0 Å². The molecular weight excluding hydrogens is 318 g/mol. The quantitative estimate of drug-likeness (QED) is 0.781. The van der Waals surface area contributed by atoms with E-state index in [-0.39, 0.29) is 26.9 Å². The van der Waals surface area contributed by atoms with Crippen LogP contribution in [0.4, 0.5) is 4.39 Å². The van der Waals surface area contributed by atoms with Crippen LogP contribution >= 0.6 is 23.2 Å². The Morgan fingerprint density at radius 1 is 1.05 bits per heavy atom. The highest BCUT2D eigenvalue weighted by Gasteiger charge is 2.21. The summed E-state index contributed by atoms with van der Waals surface area (Å²) in [5.41, 5.74) is 0.384. The number of ketones is 1. The summed E-state index contributed by atoms with van der Waals surface area (Å²) in [5, 5.41) is 0.207. The average Bonchev–Trinajstić information content (AvgIpc) is 2.46. The molecule has 0 aliphatic rings. The second kappa shape index (κ2) is 6.33. The zero-order valence-electron chi connectivity index (χ0n) is 11.2. The molecule has 2 aromatic carbocycles. The van der Waals surface area contributed by atoms with Gasteiger partial charge in [0.25, 0.3) is 0 Å². The predicted molar refractivity (Wildman–Crippen MR) is 79.4 cm³/mol. The fourth-order valence-electron chi connectivity index (χ4n) is 1.89. The summed E-state index contributed by atoms with van der Waals surface area (Å²) in [6.45, 7) is 0. The number of hydrogen-bond donors (Lipinski definition) is 0. The fourth-order valence-corrected chi connectivity index (χ4v) is 2.46. The van der Waals surface area contributed by atoms with Gasteiger partial charge in [-0.3, -0.25) is 4.79 Å². The van der Waals surface area contributed by atoms with Crippen LogP contribution in [-0.4, -0.2) is 20.0 Å². The lowest BCUT2D eigenvalue weighted by molar-refractivity contribution is 0.103. The maximum Gasteiger partial charge on any atom is 0.198 e. The van der Waals surface area contributed by atoms with E-state index in [2.05, 4.69) is 0 Å². The van der Waals surface area contributed by atoms with Crippen molar-refractivity contribution < 1.29 is 18.7 Å². The van der Waals surface area contributed by atoms with Gasteiger partial charge in [0, 0.05) is 5.56 Å². The predicted octanol–water partition coefficient (Wildman–Crippen LogP) is 4.38. The maximum atomic E-state index is 13.1. The number of rotatable bonds is 4. The van der Waals surface area contributed by atoms with Crippen molar-refractivity contribution >= 4 is 29.0 Å². The molecule has 3 nitrogen and oxygen atoms in total. The second-order valence-electron chi connectivity index (χ2n) is 4.12. The Morgan fingerprint density at radius 3 is 2.29 bits per heavy atom. The molecule has 0 bridgehead atoms. The fraction of sp³-hybridized carbons (Fsp3) is 0.133. The Balaban J connectivity index is 2.55. The number of carbonyl (C=O) groups is 1. The first-order valence-corrected chi connectivity index (χ1v) is 6.65. The molecule has 6 heteroatoms. The Bertz CT molecular complexity index is 702. The minimum atomic E-state index is -0.517. The number of carbonyl (C=O) groups excluding carboxylic acids is 1. The third-order valence-electron chi connectivity index (χ3n) is 2.91. The third-order valence-corrected chi connectivity index (χ3v) is 3.58. The number of halogens is 3. The normalized spacial score (nSPS) is 10.3. The van der Waals surface area contributed by atoms with Crippen molar-refractivity contribution in [2.75, 3.05) is 14.2 Å². The Morgan fingerprint density at radius 2 is 1.71 bits per heavy atom. The molecule has 0 spiro atoms. The van der Waals surface area contributed by atoms with Crippen LogP contribution in [0.2, 0.25) is 10.0 Å². The van der Waals surface area contributed by atoms with Crippen molar-refractivity contribution in [2.24, 2.45) is 0 Å². The minimum Gasteiger partial charge on any atom is -0.495 e. The molecule has 0 aromatic heterocycles. The number of methoxy groups -OCH3 is 2. The van der Waals surface area contributed by atoms with Gasteiger partial charge in [-0.1, -0.05) is 23.2 Å². The molecule has 0 radical (unpaired) electrons. The molecule has 0 atom stereocenters. The van der Waals surface area contributed by atoms with Gasteiger partial charge in [0.1, 0.15) is 16.6 Å². The third kappa shape index (κ3) is 2.96. The molecule has 2 aromatic rings. The zero-order valence-corrected chi connectivity index (χ0v) is 12.8. The number of benzene rings is 2. The van der Waals surface area contributed by atoms with Crippen molar-refractivity contribution in [3.8, 4) is 11.5 Å². The first kappa shape index (κ1) is 15.6. The molecule has 0 aliphatic carbocycles. The standard InChI is InChI=1S/C15H11Cl2FO3/c1-20-12-6-5-10(15(21-2)13(12)17)14(19)9-4-3-8(18)7-11(9)16/h3-7H,1-2H3. The van der Waals surface area contributed by atoms with E-state index in [0.29, 0.717) is 5.75 Å². The summed E-state index contributed by atoms with van der Waals surface area (Å²) in [7, 11) is 2.85. The molecule has 0 aliphatic heterocycles. The molecule has 0 saturated carbocycles. The smallest absolute Gasteiger partial charge is 0.198 e. The van der Waals surface area contributed by atoms with Gasteiger partial charge in [-0.05, 0) is 30.3 Å². The van der Waals surface area contributed by atoms with Crippen LogP contribution in [0.25, 0.3) is 0 Å². The van der Waals surface area contributed by atoms with Gasteiger partial charge in [0.2, 0.25) is 0 Å². The van der Waals surface area contributed by atoms with E-state index in [4.69, 9.17) is 32.7 Å². The lowest BCUT2D eigenvalue weighted by Crippen LogP contribution is -2.06. The van der Waals surface area contributed by atoms with E-state index in [9.17, 15) is 9.18 Å². The van der Waals surface area contributed by atoms with E-state index >= 15 is 0 Å². The SMILES string of the molecule is COc1ccc(C(=O)c2ccc(F)cc2Cl)c(OC)c1Cl. The molecule has 0 saturated heterocycles. The lowest BCUT2D eigenvalue weighted by atomic mass is 10.0. The van der Waals surface area contributed by atoms with Crippen LogP contribution in [0, 0.1) is 5.82 Å². The molecule has 0 amide bonds. The van der Waals surface area contributed by atoms with Gasteiger partial charge in [-0.25, -0.2) is 4.39 Å². The summed E-state index contributed by atoms with van der Waals surface area (Å²) < 4.78 is 23.3. The van der Waals surface area contributed by atoms with Crippen molar-refractivity contribution in [1.29, 1.82) is 0 Å². The van der Waals surface area contributed by atoms with Crippen LogP contribution in [0.15, 0.2) is 30.3 Å². The van der Waals surface area contributed by atoms with Gasteiger partial charge in [-0.15, -0.1) is 0 Å². The largest absolute Gasteiger partial charge is 0.495 e. The number of ether oxygens (including phenoxy) is 2. The van der Waals surface area contributed by atoms with E-state index in [1.807, 2.05) is 0 Å². The molecule has 0 fully saturated rings. The highest BCUT2D eigenvalue weighted by atomic mass is 35.5. The monoisotopic (exact) mass is 328 g/mol. The first-order chi connectivity index (χ1) is 9.99. The molecule has 0 heterocycles. The lowest BCUT2D eigenvalue weighted by Gasteiger charge is -2.13. The second-order valence-corrected chi connectivity index (χ2v) is 4.90. The summed E-state index contributed by atoms with van der Waals surface area (Å²) in [6, 6.07) is 6.63. The first-order valence-electron chi connectivity index (χ1n) is 5.89. The molecule has 0 N–H and O–H groups in total. The van der Waals surface area contributed by atoms with Crippen molar-refractivity contribution in [3.05, 3.63) is 57.3 Å². The molecule has 21 heavy (non-hydrogen) atoms. The Kier molecular flexibility index (Phi) is 4.70. The van der Waals surface area contributed by atoms with Crippen molar-refractivity contribution in [3.63, 3.8) is 0 Å².